The van der Waals surface area contributed by atoms with Crippen molar-refractivity contribution in [1.82, 2.24) is 30.0 Å². The van der Waals surface area contributed by atoms with Gasteiger partial charge >= 0.3 is 0 Å². The number of aryl methyl sites for hydroxylation is 1. The quantitative estimate of drug-likeness (QED) is 0.404. The number of piperazine rings is 1. The third-order valence-electron chi connectivity index (χ3n) is 6.48. The van der Waals surface area contributed by atoms with E-state index in [2.05, 4.69) is 25.5 Å². The van der Waals surface area contributed by atoms with Gasteiger partial charge in [-0.25, -0.2) is 14.1 Å². The second-order valence-electron chi connectivity index (χ2n) is 8.70. The number of hydrogen-bond donors (Lipinski definition) is 2. The first-order chi connectivity index (χ1) is 17.2. The Hall–Kier alpha value is -3.47. The van der Waals surface area contributed by atoms with E-state index >= 15 is 4.39 Å². The zero-order valence-corrected chi connectivity index (χ0v) is 19.8. The summed E-state index contributed by atoms with van der Waals surface area (Å²) < 4.78 is 17.1. The SMILES string of the molecule is O=CNc1nc2c(s1)-c1c(c(-c3cccnc3)nn1-c1cc(CN3CCNCC3)ccc1F)CC2. The second-order valence-corrected chi connectivity index (χ2v) is 9.70. The summed E-state index contributed by atoms with van der Waals surface area (Å²) in [6, 6.07) is 9.13. The van der Waals surface area contributed by atoms with Crippen molar-refractivity contribution in [3.8, 4) is 27.5 Å². The summed E-state index contributed by atoms with van der Waals surface area (Å²) in [5, 5.41) is 11.5. The lowest BCUT2D eigenvalue weighted by atomic mass is 9.95. The van der Waals surface area contributed by atoms with E-state index in [0.717, 1.165) is 84.2 Å². The molecule has 1 saturated heterocycles. The van der Waals surface area contributed by atoms with Gasteiger partial charge in [0.05, 0.1) is 22.0 Å². The minimum absolute atomic E-state index is 0.333. The zero-order valence-electron chi connectivity index (χ0n) is 19.0. The van der Waals surface area contributed by atoms with Gasteiger partial charge in [-0.05, 0) is 42.7 Å². The number of nitrogens with one attached hydrogen (secondary N) is 2. The van der Waals surface area contributed by atoms with Crippen LogP contribution in [0.3, 0.4) is 0 Å². The number of amides is 1. The molecule has 6 rings (SSSR count). The number of halogens is 1. The Labute approximate surface area is 205 Å². The summed E-state index contributed by atoms with van der Waals surface area (Å²) in [5.41, 5.74) is 5.90. The molecule has 10 heteroatoms. The van der Waals surface area contributed by atoms with Crippen LogP contribution in [0, 0.1) is 5.82 Å². The van der Waals surface area contributed by atoms with Crippen LogP contribution in [0.15, 0.2) is 42.7 Å². The Bertz CT molecular complexity index is 1380. The first-order valence-electron chi connectivity index (χ1n) is 11.7. The first kappa shape index (κ1) is 22.0. The zero-order chi connectivity index (χ0) is 23.8. The molecule has 1 aliphatic carbocycles. The molecule has 0 bridgehead atoms. The molecule has 35 heavy (non-hydrogen) atoms. The van der Waals surface area contributed by atoms with E-state index < -0.39 is 0 Å². The van der Waals surface area contributed by atoms with Crippen molar-refractivity contribution >= 4 is 22.9 Å². The van der Waals surface area contributed by atoms with E-state index in [1.165, 1.54) is 17.4 Å². The monoisotopic (exact) mass is 489 g/mol. The summed E-state index contributed by atoms with van der Waals surface area (Å²) >= 11 is 1.39. The number of aromatic nitrogens is 4. The fourth-order valence-corrected chi connectivity index (χ4v) is 5.87. The Morgan fingerprint density at radius 2 is 2.09 bits per heavy atom. The van der Waals surface area contributed by atoms with E-state index in [4.69, 9.17) is 5.10 Å². The third-order valence-corrected chi connectivity index (χ3v) is 7.52. The minimum atomic E-state index is -0.333. The average molecular weight is 490 g/mol. The van der Waals surface area contributed by atoms with Crippen LogP contribution in [0.1, 0.15) is 16.8 Å². The number of thiazole rings is 1. The molecule has 1 aromatic carbocycles. The number of nitrogens with zero attached hydrogens (tertiary/aromatic N) is 5. The highest BCUT2D eigenvalue weighted by Gasteiger charge is 2.30. The lowest BCUT2D eigenvalue weighted by Gasteiger charge is -2.27. The van der Waals surface area contributed by atoms with Gasteiger partial charge in [0.15, 0.2) is 5.13 Å². The van der Waals surface area contributed by atoms with Crippen LogP contribution >= 0.6 is 11.3 Å². The van der Waals surface area contributed by atoms with Crippen molar-refractivity contribution in [2.45, 2.75) is 19.4 Å². The molecule has 1 fully saturated rings. The van der Waals surface area contributed by atoms with E-state index in [-0.39, 0.29) is 5.82 Å². The standard InChI is InChI=1S/C25H24FN7OS/c26-19-5-3-16(14-32-10-8-27-9-11-32)12-21(19)33-23-18(22(31-33)17-2-1-7-28-13-17)4-6-20-24(23)35-25(30-20)29-15-34/h1-3,5,7,12-13,15,27H,4,6,8-11,14H2,(H,29,30,34). The van der Waals surface area contributed by atoms with Crippen molar-refractivity contribution in [3.63, 3.8) is 0 Å². The molecule has 1 aliphatic heterocycles. The van der Waals surface area contributed by atoms with Crippen LogP contribution in [0.5, 0.6) is 0 Å². The van der Waals surface area contributed by atoms with Gasteiger partial charge in [0.2, 0.25) is 6.41 Å². The van der Waals surface area contributed by atoms with Crippen LogP contribution in [-0.4, -0.2) is 57.2 Å². The van der Waals surface area contributed by atoms with E-state index in [9.17, 15) is 4.79 Å². The molecule has 1 amide bonds. The van der Waals surface area contributed by atoms with Crippen LogP contribution in [0.4, 0.5) is 9.52 Å². The summed E-state index contributed by atoms with van der Waals surface area (Å²) in [6.07, 6.45) is 5.59. The maximum Gasteiger partial charge on any atom is 0.213 e. The van der Waals surface area contributed by atoms with Crippen molar-refractivity contribution in [3.05, 3.63) is 65.4 Å². The predicted octanol–water partition coefficient (Wildman–Crippen LogP) is 3.27. The van der Waals surface area contributed by atoms with E-state index in [1.807, 2.05) is 24.3 Å². The fraction of sp³-hybridized carbons (Fsp3) is 0.280. The molecule has 2 aliphatic rings. The molecule has 4 aromatic rings. The number of benzene rings is 1. The maximum absolute atomic E-state index is 15.3. The Balaban J connectivity index is 1.50. The highest BCUT2D eigenvalue weighted by atomic mass is 32.1. The fourth-order valence-electron chi connectivity index (χ4n) is 4.84. The van der Waals surface area contributed by atoms with Crippen molar-refractivity contribution in [1.29, 1.82) is 0 Å². The molecule has 0 unspecified atom stereocenters. The molecule has 4 heterocycles. The van der Waals surface area contributed by atoms with Crippen molar-refractivity contribution < 1.29 is 9.18 Å². The van der Waals surface area contributed by atoms with Gasteiger partial charge in [0.25, 0.3) is 0 Å². The van der Waals surface area contributed by atoms with Gasteiger partial charge in [-0.15, -0.1) is 0 Å². The number of carbonyl (C=O) groups excluding carboxylic acids is 1. The molecular formula is C25H24FN7OS. The lowest BCUT2D eigenvalue weighted by Crippen LogP contribution is -2.42. The highest BCUT2D eigenvalue weighted by molar-refractivity contribution is 7.19. The van der Waals surface area contributed by atoms with Gasteiger partial charge in [-0.2, -0.15) is 5.10 Å². The summed E-state index contributed by atoms with van der Waals surface area (Å²) in [4.78, 5) is 23.2. The Morgan fingerprint density at radius 3 is 2.89 bits per heavy atom. The van der Waals surface area contributed by atoms with Crippen LogP contribution in [0.2, 0.25) is 0 Å². The molecule has 0 atom stereocenters. The van der Waals surface area contributed by atoms with Gasteiger partial charge in [-0.3, -0.25) is 14.7 Å². The molecule has 3 aromatic heterocycles. The number of rotatable bonds is 6. The highest BCUT2D eigenvalue weighted by Crippen LogP contribution is 2.44. The summed E-state index contributed by atoms with van der Waals surface area (Å²) in [7, 11) is 0. The lowest BCUT2D eigenvalue weighted by molar-refractivity contribution is -0.105. The number of carbonyl (C=O) groups is 1. The molecule has 0 spiro atoms. The molecular weight excluding hydrogens is 465 g/mol. The van der Waals surface area contributed by atoms with Gasteiger partial charge < -0.3 is 10.6 Å². The largest absolute Gasteiger partial charge is 0.314 e. The molecule has 2 N–H and O–H groups in total. The van der Waals surface area contributed by atoms with E-state index in [0.29, 0.717) is 17.2 Å². The smallest absolute Gasteiger partial charge is 0.213 e. The number of pyridine rings is 1. The summed E-state index contributed by atoms with van der Waals surface area (Å²) in [5.74, 6) is -0.333. The minimum Gasteiger partial charge on any atom is -0.314 e. The molecule has 178 valence electrons. The first-order valence-corrected chi connectivity index (χ1v) is 12.5. The Morgan fingerprint density at radius 1 is 1.20 bits per heavy atom. The molecule has 8 nitrogen and oxygen atoms in total. The number of hydrogen-bond acceptors (Lipinski definition) is 7. The third kappa shape index (κ3) is 4.13. The number of fused-ring (bicyclic) bond motifs is 3. The van der Waals surface area contributed by atoms with Crippen LogP contribution in [-0.2, 0) is 24.2 Å². The summed E-state index contributed by atoms with van der Waals surface area (Å²) in [6.45, 7) is 4.60. The maximum atomic E-state index is 15.3. The van der Waals surface area contributed by atoms with Crippen molar-refractivity contribution in [2.75, 3.05) is 31.5 Å². The van der Waals surface area contributed by atoms with Crippen LogP contribution in [0.25, 0.3) is 27.5 Å². The Kier molecular flexibility index (Phi) is 5.85. The van der Waals surface area contributed by atoms with Crippen molar-refractivity contribution in [2.24, 2.45) is 0 Å². The van der Waals surface area contributed by atoms with Gasteiger partial charge in [-0.1, -0.05) is 17.4 Å². The predicted molar refractivity (Wildman–Crippen MR) is 133 cm³/mol. The topological polar surface area (TPSA) is 88.0 Å². The normalized spacial score (nSPS) is 15.5. The molecule has 0 saturated carbocycles. The number of anilines is 1. The molecule has 0 radical (unpaired) electrons. The van der Waals surface area contributed by atoms with Gasteiger partial charge in [0, 0.05) is 56.2 Å². The van der Waals surface area contributed by atoms with E-state index in [1.54, 1.807) is 17.1 Å². The van der Waals surface area contributed by atoms with Crippen LogP contribution < -0.4 is 10.6 Å². The second kappa shape index (κ2) is 9.29. The van der Waals surface area contributed by atoms with Gasteiger partial charge in [0.1, 0.15) is 11.5 Å². The average Bonchev–Trinajstić information content (AvgIpc) is 3.48.